The number of hydrogen-bond donors (Lipinski definition) is 0. The first-order valence-electron chi connectivity index (χ1n) is 7.13. The highest BCUT2D eigenvalue weighted by Gasteiger charge is 2.34. The van der Waals surface area contributed by atoms with Crippen LogP contribution in [0.25, 0.3) is 0 Å². The van der Waals surface area contributed by atoms with E-state index >= 15 is 0 Å². The first kappa shape index (κ1) is 15.7. The van der Waals surface area contributed by atoms with Crippen molar-refractivity contribution in [1.29, 1.82) is 0 Å². The number of carbonyl (C=O) groups excluding carboxylic acids is 1. The topological polar surface area (TPSA) is 72.9 Å². The Morgan fingerprint density at radius 1 is 1.40 bits per heavy atom. The van der Waals surface area contributed by atoms with Crippen molar-refractivity contribution < 1.29 is 22.7 Å². The van der Waals surface area contributed by atoms with Gasteiger partial charge >= 0.3 is 5.97 Å². The van der Waals surface area contributed by atoms with Crippen LogP contribution >= 0.6 is 0 Å². The maximum atomic E-state index is 11.6. The number of nitrogens with zero attached hydrogens (tertiary/aromatic N) is 1. The van der Waals surface area contributed by atoms with Crippen molar-refractivity contribution >= 4 is 15.8 Å². The number of rotatable bonds is 6. The van der Waals surface area contributed by atoms with Gasteiger partial charge in [0.1, 0.15) is 0 Å². The standard InChI is InChI=1S/C13H23NO5S/c1-18-13(15)4-6-14(9-12-3-2-7-19-12)11-5-8-20(16,17)10-11/h11-12H,2-10H2,1H3. The lowest BCUT2D eigenvalue weighted by Gasteiger charge is -2.29. The van der Waals surface area contributed by atoms with E-state index in [9.17, 15) is 13.2 Å². The summed E-state index contributed by atoms with van der Waals surface area (Å²) in [5.41, 5.74) is 0. The van der Waals surface area contributed by atoms with E-state index in [2.05, 4.69) is 9.64 Å². The van der Waals surface area contributed by atoms with Crippen LogP contribution in [0.4, 0.5) is 0 Å². The summed E-state index contributed by atoms with van der Waals surface area (Å²) in [6, 6.07) is 0.00820. The molecule has 2 unspecified atom stereocenters. The molecule has 0 saturated carbocycles. The van der Waals surface area contributed by atoms with Crippen molar-refractivity contribution in [1.82, 2.24) is 4.90 Å². The Kier molecular flexibility index (Phi) is 5.40. The minimum atomic E-state index is -2.92. The number of esters is 1. The van der Waals surface area contributed by atoms with Crippen molar-refractivity contribution in [2.75, 3.05) is 38.3 Å². The molecule has 2 aliphatic rings. The Morgan fingerprint density at radius 2 is 2.20 bits per heavy atom. The van der Waals surface area contributed by atoms with Gasteiger partial charge in [-0.3, -0.25) is 9.69 Å². The zero-order valence-electron chi connectivity index (χ0n) is 11.9. The molecule has 0 aromatic carbocycles. The maximum absolute atomic E-state index is 11.6. The maximum Gasteiger partial charge on any atom is 0.306 e. The first-order chi connectivity index (χ1) is 9.50. The smallest absolute Gasteiger partial charge is 0.306 e. The Bertz CT molecular complexity index is 430. The molecule has 0 radical (unpaired) electrons. The molecule has 6 nitrogen and oxygen atoms in total. The summed E-state index contributed by atoms with van der Waals surface area (Å²) in [6.45, 7) is 2.02. The second-order valence-corrected chi connectivity index (χ2v) is 7.74. The highest BCUT2D eigenvalue weighted by molar-refractivity contribution is 7.91. The van der Waals surface area contributed by atoms with Crippen LogP contribution in [0.2, 0.25) is 0 Å². The van der Waals surface area contributed by atoms with Gasteiger partial charge in [-0.15, -0.1) is 0 Å². The molecule has 0 aromatic rings. The molecule has 0 amide bonds. The number of methoxy groups -OCH3 is 1. The summed E-state index contributed by atoms with van der Waals surface area (Å²) < 4.78 is 33.5. The fraction of sp³-hybridized carbons (Fsp3) is 0.923. The second-order valence-electron chi connectivity index (χ2n) is 5.51. The normalized spacial score (nSPS) is 28.9. The van der Waals surface area contributed by atoms with Gasteiger partial charge in [-0.1, -0.05) is 0 Å². The van der Waals surface area contributed by atoms with Crippen LogP contribution in [0.1, 0.15) is 25.7 Å². The number of hydrogen-bond acceptors (Lipinski definition) is 6. The van der Waals surface area contributed by atoms with E-state index in [1.165, 1.54) is 7.11 Å². The van der Waals surface area contributed by atoms with Gasteiger partial charge in [-0.25, -0.2) is 8.42 Å². The lowest BCUT2D eigenvalue weighted by Crippen LogP contribution is -2.42. The second kappa shape index (κ2) is 6.87. The fourth-order valence-electron chi connectivity index (χ4n) is 2.87. The average molecular weight is 305 g/mol. The molecule has 2 aliphatic heterocycles. The van der Waals surface area contributed by atoms with E-state index in [1.807, 2.05) is 0 Å². The van der Waals surface area contributed by atoms with E-state index in [0.717, 1.165) is 19.4 Å². The number of carbonyl (C=O) groups is 1. The lowest BCUT2D eigenvalue weighted by atomic mass is 10.1. The predicted molar refractivity (Wildman–Crippen MR) is 74.2 cm³/mol. The van der Waals surface area contributed by atoms with Crippen LogP contribution in [0.3, 0.4) is 0 Å². The zero-order valence-corrected chi connectivity index (χ0v) is 12.7. The van der Waals surface area contributed by atoms with Crippen LogP contribution < -0.4 is 0 Å². The molecule has 0 N–H and O–H groups in total. The summed E-state index contributed by atoms with van der Waals surface area (Å²) in [4.78, 5) is 13.4. The summed E-state index contributed by atoms with van der Waals surface area (Å²) in [5, 5.41) is 0. The van der Waals surface area contributed by atoms with E-state index in [0.29, 0.717) is 25.9 Å². The van der Waals surface area contributed by atoms with Gasteiger partial charge in [-0.2, -0.15) is 0 Å². The summed E-state index contributed by atoms with van der Waals surface area (Å²) in [6.07, 6.45) is 3.17. The van der Waals surface area contributed by atoms with Crippen molar-refractivity contribution in [3.8, 4) is 0 Å². The molecule has 0 aromatic heterocycles. The molecule has 2 saturated heterocycles. The molecule has 20 heavy (non-hydrogen) atoms. The van der Waals surface area contributed by atoms with Gasteiger partial charge in [0.2, 0.25) is 0 Å². The van der Waals surface area contributed by atoms with Gasteiger partial charge in [0.25, 0.3) is 0 Å². The van der Waals surface area contributed by atoms with E-state index in [1.54, 1.807) is 0 Å². The quantitative estimate of drug-likeness (QED) is 0.654. The Labute approximate surface area is 120 Å². The minimum Gasteiger partial charge on any atom is -0.469 e. The third kappa shape index (κ3) is 4.43. The summed E-state index contributed by atoms with van der Waals surface area (Å²) in [5.74, 6) is 0.182. The fourth-order valence-corrected chi connectivity index (χ4v) is 4.63. The monoisotopic (exact) mass is 305 g/mol. The van der Waals surface area contributed by atoms with E-state index in [-0.39, 0.29) is 29.6 Å². The molecular formula is C13H23NO5S. The summed E-state index contributed by atoms with van der Waals surface area (Å²) in [7, 11) is -1.55. The van der Waals surface area contributed by atoms with Crippen molar-refractivity contribution in [3.05, 3.63) is 0 Å². The molecule has 0 bridgehead atoms. The molecule has 2 fully saturated rings. The van der Waals surface area contributed by atoms with Gasteiger partial charge in [0.15, 0.2) is 9.84 Å². The third-order valence-corrected chi connectivity index (χ3v) is 5.77. The number of sulfone groups is 1. The van der Waals surface area contributed by atoms with Crippen molar-refractivity contribution in [3.63, 3.8) is 0 Å². The highest BCUT2D eigenvalue weighted by atomic mass is 32.2. The SMILES string of the molecule is COC(=O)CCN(CC1CCCO1)C1CCS(=O)(=O)C1. The Hall–Kier alpha value is -0.660. The molecular weight excluding hydrogens is 282 g/mol. The highest BCUT2D eigenvalue weighted by Crippen LogP contribution is 2.21. The largest absolute Gasteiger partial charge is 0.469 e. The lowest BCUT2D eigenvalue weighted by molar-refractivity contribution is -0.141. The molecule has 7 heteroatoms. The third-order valence-electron chi connectivity index (χ3n) is 4.02. The first-order valence-corrected chi connectivity index (χ1v) is 8.95. The Balaban J connectivity index is 1.93. The average Bonchev–Trinajstić information content (AvgIpc) is 3.03. The van der Waals surface area contributed by atoms with Gasteiger partial charge in [-0.05, 0) is 19.3 Å². The summed E-state index contributed by atoms with van der Waals surface area (Å²) >= 11 is 0. The Morgan fingerprint density at radius 3 is 2.75 bits per heavy atom. The number of ether oxygens (including phenoxy) is 2. The molecule has 0 spiro atoms. The van der Waals surface area contributed by atoms with Crippen molar-refractivity contribution in [2.24, 2.45) is 0 Å². The minimum absolute atomic E-state index is 0.00820. The molecule has 2 atom stereocenters. The molecule has 0 aliphatic carbocycles. The molecule has 2 rings (SSSR count). The van der Waals surface area contributed by atoms with E-state index in [4.69, 9.17) is 4.74 Å². The zero-order chi connectivity index (χ0) is 14.6. The van der Waals surface area contributed by atoms with Crippen LogP contribution in [0, 0.1) is 0 Å². The van der Waals surface area contributed by atoms with Crippen molar-refractivity contribution in [2.45, 2.75) is 37.8 Å². The molecule has 116 valence electrons. The van der Waals surface area contributed by atoms with Gasteiger partial charge < -0.3 is 9.47 Å². The van der Waals surface area contributed by atoms with Crippen LogP contribution in [-0.2, 0) is 24.1 Å². The van der Waals surface area contributed by atoms with Crippen LogP contribution in [-0.4, -0.2) is 69.7 Å². The molecule has 2 heterocycles. The van der Waals surface area contributed by atoms with Crippen LogP contribution in [0.15, 0.2) is 0 Å². The van der Waals surface area contributed by atoms with Crippen LogP contribution in [0.5, 0.6) is 0 Å². The predicted octanol–water partition coefficient (Wildman–Crippen LogP) is 0.218. The van der Waals surface area contributed by atoms with Gasteiger partial charge in [0.05, 0.1) is 31.1 Å². The van der Waals surface area contributed by atoms with Gasteiger partial charge in [0, 0.05) is 25.7 Å². The van der Waals surface area contributed by atoms with E-state index < -0.39 is 9.84 Å².